The second-order valence-corrected chi connectivity index (χ2v) is 6.53. The van der Waals surface area contributed by atoms with Crippen molar-refractivity contribution in [3.63, 3.8) is 0 Å². The molecule has 1 aromatic rings. The topological polar surface area (TPSA) is 29.3 Å². The number of hydrogen-bond donors (Lipinski definition) is 1. The summed E-state index contributed by atoms with van der Waals surface area (Å²) in [5.74, 6) is 0. The van der Waals surface area contributed by atoms with Gasteiger partial charge in [-0.2, -0.15) is 13.2 Å². The van der Waals surface area contributed by atoms with Crippen LogP contribution in [0.5, 0.6) is 0 Å². The minimum atomic E-state index is -4.35. The lowest BCUT2D eigenvalue weighted by molar-refractivity contribution is -0.138. The molecule has 0 bridgehead atoms. The summed E-state index contributed by atoms with van der Waals surface area (Å²) in [5, 5.41) is 0. The van der Waals surface area contributed by atoms with Crippen LogP contribution in [0.25, 0.3) is 0 Å². The molecular formula is C16H25F3N2. The maximum absolute atomic E-state index is 13.2. The van der Waals surface area contributed by atoms with E-state index in [0.717, 1.165) is 0 Å². The zero-order chi connectivity index (χ0) is 16.4. The molecule has 5 heteroatoms. The second-order valence-electron chi connectivity index (χ2n) is 6.53. The van der Waals surface area contributed by atoms with Crippen molar-refractivity contribution in [1.29, 1.82) is 0 Å². The van der Waals surface area contributed by atoms with E-state index < -0.39 is 11.7 Å². The predicted molar refractivity (Wildman–Crippen MR) is 81.5 cm³/mol. The van der Waals surface area contributed by atoms with Crippen LogP contribution in [0.2, 0.25) is 0 Å². The average Bonchev–Trinajstić information content (AvgIpc) is 2.35. The number of rotatable bonds is 4. The Bertz CT molecular complexity index is 475. The van der Waals surface area contributed by atoms with Gasteiger partial charge in [0, 0.05) is 18.8 Å². The number of alkyl halides is 3. The van der Waals surface area contributed by atoms with E-state index in [-0.39, 0.29) is 30.0 Å². The lowest BCUT2D eigenvalue weighted by Crippen LogP contribution is -2.39. The van der Waals surface area contributed by atoms with E-state index in [1.807, 2.05) is 18.9 Å². The molecular weight excluding hydrogens is 277 g/mol. The molecule has 0 saturated heterocycles. The Labute approximate surface area is 125 Å². The predicted octanol–water partition coefficient (Wildman–Crippen LogP) is 4.08. The van der Waals surface area contributed by atoms with Gasteiger partial charge in [-0.25, -0.2) is 0 Å². The number of nitrogens with two attached hydrogens (primary N) is 1. The van der Waals surface area contributed by atoms with Gasteiger partial charge in [0.2, 0.25) is 0 Å². The van der Waals surface area contributed by atoms with Crippen molar-refractivity contribution in [3.05, 3.63) is 29.3 Å². The Kier molecular flexibility index (Phi) is 5.31. The highest BCUT2D eigenvalue weighted by atomic mass is 19.4. The summed E-state index contributed by atoms with van der Waals surface area (Å²) in [5.41, 5.74) is 5.62. The van der Waals surface area contributed by atoms with E-state index >= 15 is 0 Å². The molecule has 0 aliphatic carbocycles. The van der Waals surface area contributed by atoms with Gasteiger partial charge in [-0.3, -0.25) is 0 Å². The molecule has 1 atom stereocenters. The summed E-state index contributed by atoms with van der Waals surface area (Å²) in [6.07, 6.45) is -4.13. The maximum Gasteiger partial charge on any atom is 0.416 e. The Hall–Kier alpha value is -1.23. The van der Waals surface area contributed by atoms with Crippen LogP contribution in [0, 0.1) is 5.41 Å². The zero-order valence-electron chi connectivity index (χ0n) is 13.4. The van der Waals surface area contributed by atoms with E-state index in [2.05, 4.69) is 20.8 Å². The summed E-state index contributed by atoms with van der Waals surface area (Å²) in [6, 6.07) is 4.62. The summed E-state index contributed by atoms with van der Waals surface area (Å²) in [4.78, 5) is 1.89. The summed E-state index contributed by atoms with van der Waals surface area (Å²) in [7, 11) is 1.83. The van der Waals surface area contributed by atoms with Gasteiger partial charge in [-0.1, -0.05) is 26.8 Å². The lowest BCUT2D eigenvalue weighted by Gasteiger charge is -2.37. The Balaban J connectivity index is 3.22. The standard InChI is InChI=1S/C16H25F3N2/c1-11(15(2,3)4)21(5)13-7-6-12(8-9-20)14(10-13)16(17,18)19/h6-7,10-11H,8-9,20H2,1-5H3. The van der Waals surface area contributed by atoms with Crippen molar-refractivity contribution in [2.45, 2.75) is 46.3 Å². The third-order valence-electron chi connectivity index (χ3n) is 4.05. The van der Waals surface area contributed by atoms with Crippen LogP contribution in [-0.2, 0) is 12.6 Å². The van der Waals surface area contributed by atoms with E-state index in [4.69, 9.17) is 5.73 Å². The first-order valence-electron chi connectivity index (χ1n) is 7.11. The van der Waals surface area contributed by atoms with Crippen molar-refractivity contribution in [2.75, 3.05) is 18.5 Å². The largest absolute Gasteiger partial charge is 0.416 e. The van der Waals surface area contributed by atoms with Gasteiger partial charge < -0.3 is 10.6 Å². The fraction of sp³-hybridized carbons (Fsp3) is 0.625. The van der Waals surface area contributed by atoms with Gasteiger partial charge in [0.25, 0.3) is 0 Å². The van der Waals surface area contributed by atoms with Gasteiger partial charge in [-0.15, -0.1) is 0 Å². The smallest absolute Gasteiger partial charge is 0.371 e. The molecule has 0 amide bonds. The molecule has 0 aliphatic heterocycles. The molecule has 1 rings (SSSR count). The van der Waals surface area contributed by atoms with Crippen LogP contribution in [0.15, 0.2) is 18.2 Å². The molecule has 0 aliphatic rings. The lowest BCUT2D eigenvalue weighted by atomic mass is 9.86. The molecule has 21 heavy (non-hydrogen) atoms. The summed E-state index contributed by atoms with van der Waals surface area (Å²) < 4.78 is 39.6. The first kappa shape index (κ1) is 17.8. The third-order valence-corrected chi connectivity index (χ3v) is 4.05. The Morgan fingerprint density at radius 1 is 1.19 bits per heavy atom. The monoisotopic (exact) mass is 302 g/mol. The number of nitrogens with zero attached hydrogens (tertiary/aromatic N) is 1. The first-order valence-corrected chi connectivity index (χ1v) is 7.11. The van der Waals surface area contributed by atoms with Gasteiger partial charge in [-0.05, 0) is 43.0 Å². The summed E-state index contributed by atoms with van der Waals surface area (Å²) >= 11 is 0. The van der Waals surface area contributed by atoms with Crippen LogP contribution < -0.4 is 10.6 Å². The quantitative estimate of drug-likeness (QED) is 0.908. The highest BCUT2D eigenvalue weighted by molar-refractivity contribution is 5.52. The minimum Gasteiger partial charge on any atom is -0.371 e. The van der Waals surface area contributed by atoms with Gasteiger partial charge in [0.1, 0.15) is 0 Å². The highest BCUT2D eigenvalue weighted by Gasteiger charge is 2.34. The molecule has 0 spiro atoms. The van der Waals surface area contributed by atoms with Crippen molar-refractivity contribution >= 4 is 5.69 Å². The molecule has 2 N–H and O–H groups in total. The van der Waals surface area contributed by atoms with Crippen molar-refractivity contribution < 1.29 is 13.2 Å². The molecule has 2 nitrogen and oxygen atoms in total. The maximum atomic E-state index is 13.2. The highest BCUT2D eigenvalue weighted by Crippen LogP contribution is 2.36. The number of halogens is 3. The van der Waals surface area contributed by atoms with E-state index in [9.17, 15) is 13.2 Å². The zero-order valence-corrected chi connectivity index (χ0v) is 13.4. The van der Waals surface area contributed by atoms with Crippen LogP contribution >= 0.6 is 0 Å². The third kappa shape index (κ3) is 4.37. The molecule has 120 valence electrons. The fourth-order valence-corrected chi connectivity index (χ4v) is 2.23. The molecule has 1 unspecified atom stereocenters. The van der Waals surface area contributed by atoms with Crippen molar-refractivity contribution in [2.24, 2.45) is 11.1 Å². The normalized spacial score (nSPS) is 14.1. The van der Waals surface area contributed by atoms with Crippen LogP contribution in [0.1, 0.15) is 38.8 Å². The molecule has 0 fully saturated rings. The van der Waals surface area contributed by atoms with Crippen LogP contribution in [0.4, 0.5) is 18.9 Å². The number of benzene rings is 1. The number of anilines is 1. The number of hydrogen-bond acceptors (Lipinski definition) is 2. The van der Waals surface area contributed by atoms with Gasteiger partial charge in [0.05, 0.1) is 5.56 Å². The average molecular weight is 302 g/mol. The second kappa shape index (κ2) is 6.26. The van der Waals surface area contributed by atoms with Crippen LogP contribution in [0.3, 0.4) is 0 Å². The van der Waals surface area contributed by atoms with E-state index in [1.54, 1.807) is 6.07 Å². The summed E-state index contributed by atoms with van der Waals surface area (Å²) in [6.45, 7) is 8.43. The molecule has 0 aromatic heterocycles. The first-order chi connectivity index (χ1) is 9.48. The van der Waals surface area contributed by atoms with Gasteiger partial charge in [0.15, 0.2) is 0 Å². The van der Waals surface area contributed by atoms with Crippen LogP contribution in [-0.4, -0.2) is 19.6 Å². The minimum absolute atomic E-state index is 0.0247. The SMILES string of the molecule is CC(N(C)c1ccc(CCN)c(C(F)(F)F)c1)C(C)(C)C. The fourth-order valence-electron chi connectivity index (χ4n) is 2.23. The Morgan fingerprint density at radius 3 is 2.19 bits per heavy atom. The molecule has 1 aromatic carbocycles. The molecule has 0 saturated carbocycles. The Morgan fingerprint density at radius 2 is 1.76 bits per heavy atom. The van der Waals surface area contributed by atoms with E-state index in [1.165, 1.54) is 12.1 Å². The van der Waals surface area contributed by atoms with Gasteiger partial charge >= 0.3 is 6.18 Å². The van der Waals surface area contributed by atoms with Crippen molar-refractivity contribution in [1.82, 2.24) is 0 Å². The molecule has 0 radical (unpaired) electrons. The van der Waals surface area contributed by atoms with E-state index in [0.29, 0.717) is 5.69 Å². The molecule has 0 heterocycles. The van der Waals surface area contributed by atoms with Crippen molar-refractivity contribution in [3.8, 4) is 0 Å².